The van der Waals surface area contributed by atoms with Crippen LogP contribution >= 0.6 is 15.9 Å². The van der Waals surface area contributed by atoms with Gasteiger partial charge in [-0.2, -0.15) is 0 Å². The zero-order valence-electron chi connectivity index (χ0n) is 8.73. The van der Waals surface area contributed by atoms with E-state index in [4.69, 9.17) is 4.74 Å². The summed E-state index contributed by atoms with van der Waals surface area (Å²) in [5.74, 6) is 0.548. The second-order valence-corrected chi connectivity index (χ2v) is 4.29. The van der Waals surface area contributed by atoms with Crippen molar-refractivity contribution in [3.63, 3.8) is 0 Å². The molecule has 2 heterocycles. The standard InChI is InChI=1S/C9H11BrN4O/c1-5(2)14-8-7(12-13-14)6(10)4-11-9(8)15-3/h4-5H,1-3H3. The molecule has 2 rings (SSSR count). The highest BCUT2D eigenvalue weighted by molar-refractivity contribution is 9.10. The molecule has 0 fully saturated rings. The van der Waals surface area contributed by atoms with Gasteiger partial charge in [0.1, 0.15) is 5.52 Å². The fourth-order valence-electron chi connectivity index (χ4n) is 1.40. The topological polar surface area (TPSA) is 52.8 Å². The minimum Gasteiger partial charge on any atom is -0.479 e. The Morgan fingerprint density at radius 1 is 1.47 bits per heavy atom. The van der Waals surface area contributed by atoms with Crippen LogP contribution < -0.4 is 4.74 Å². The lowest BCUT2D eigenvalue weighted by atomic mass is 10.3. The van der Waals surface area contributed by atoms with Crippen LogP contribution in [0, 0.1) is 0 Å². The van der Waals surface area contributed by atoms with Crippen molar-refractivity contribution < 1.29 is 4.74 Å². The molecule has 0 saturated carbocycles. The summed E-state index contributed by atoms with van der Waals surface area (Å²) in [6.07, 6.45) is 1.67. The van der Waals surface area contributed by atoms with E-state index in [-0.39, 0.29) is 6.04 Å². The Bertz CT molecular complexity index is 494. The molecule has 6 heteroatoms. The van der Waals surface area contributed by atoms with Crippen LogP contribution in [-0.2, 0) is 0 Å². The molecule has 80 valence electrons. The van der Waals surface area contributed by atoms with E-state index in [2.05, 4.69) is 31.2 Å². The molecule has 0 aromatic carbocycles. The molecule has 0 aliphatic carbocycles. The first-order valence-corrected chi connectivity index (χ1v) is 5.37. The van der Waals surface area contributed by atoms with Crippen molar-refractivity contribution in [1.29, 1.82) is 0 Å². The minimum absolute atomic E-state index is 0.222. The number of pyridine rings is 1. The van der Waals surface area contributed by atoms with Crippen molar-refractivity contribution >= 4 is 27.0 Å². The summed E-state index contributed by atoms with van der Waals surface area (Å²) in [5, 5.41) is 8.18. The van der Waals surface area contributed by atoms with Crippen molar-refractivity contribution in [1.82, 2.24) is 20.0 Å². The maximum Gasteiger partial charge on any atom is 0.241 e. The molecule has 0 aliphatic heterocycles. The third kappa shape index (κ3) is 1.58. The molecular weight excluding hydrogens is 260 g/mol. The van der Waals surface area contributed by atoms with Crippen molar-refractivity contribution in [2.45, 2.75) is 19.9 Å². The van der Waals surface area contributed by atoms with E-state index in [1.54, 1.807) is 18.0 Å². The van der Waals surface area contributed by atoms with Gasteiger partial charge in [-0.1, -0.05) is 5.21 Å². The van der Waals surface area contributed by atoms with Gasteiger partial charge in [0.2, 0.25) is 5.88 Å². The smallest absolute Gasteiger partial charge is 0.241 e. The number of ether oxygens (including phenoxy) is 1. The van der Waals surface area contributed by atoms with Gasteiger partial charge in [0.25, 0.3) is 0 Å². The summed E-state index contributed by atoms with van der Waals surface area (Å²) >= 11 is 3.39. The average Bonchev–Trinajstić information content (AvgIpc) is 2.64. The summed E-state index contributed by atoms with van der Waals surface area (Å²) < 4.78 is 7.82. The van der Waals surface area contributed by atoms with Crippen LogP contribution in [0.4, 0.5) is 0 Å². The summed E-state index contributed by atoms with van der Waals surface area (Å²) in [6, 6.07) is 0.222. The van der Waals surface area contributed by atoms with Crippen LogP contribution in [-0.4, -0.2) is 27.1 Å². The number of fused-ring (bicyclic) bond motifs is 1. The van der Waals surface area contributed by atoms with Gasteiger partial charge in [-0.15, -0.1) is 5.10 Å². The van der Waals surface area contributed by atoms with Gasteiger partial charge in [0.15, 0.2) is 5.52 Å². The molecule has 0 spiro atoms. The van der Waals surface area contributed by atoms with Crippen molar-refractivity contribution in [3.05, 3.63) is 10.7 Å². The number of hydrogen-bond acceptors (Lipinski definition) is 4. The molecule has 2 aromatic rings. The van der Waals surface area contributed by atoms with Gasteiger partial charge in [-0.3, -0.25) is 0 Å². The van der Waals surface area contributed by atoms with E-state index >= 15 is 0 Å². The highest BCUT2D eigenvalue weighted by Crippen LogP contribution is 2.28. The molecule has 0 atom stereocenters. The molecule has 0 unspecified atom stereocenters. The van der Waals surface area contributed by atoms with Crippen LogP contribution in [0.2, 0.25) is 0 Å². The first-order chi connectivity index (χ1) is 7.15. The number of halogens is 1. The molecule has 0 bridgehead atoms. The fourth-order valence-corrected chi connectivity index (χ4v) is 1.77. The van der Waals surface area contributed by atoms with E-state index in [0.717, 1.165) is 15.5 Å². The van der Waals surface area contributed by atoms with Gasteiger partial charge in [-0.25, -0.2) is 9.67 Å². The third-order valence-electron chi connectivity index (χ3n) is 2.10. The van der Waals surface area contributed by atoms with Crippen LogP contribution in [0.3, 0.4) is 0 Å². The van der Waals surface area contributed by atoms with Crippen molar-refractivity contribution in [2.24, 2.45) is 0 Å². The Labute approximate surface area is 95.6 Å². The van der Waals surface area contributed by atoms with E-state index < -0.39 is 0 Å². The highest BCUT2D eigenvalue weighted by atomic mass is 79.9. The lowest BCUT2D eigenvalue weighted by Gasteiger charge is -2.07. The molecule has 0 N–H and O–H groups in total. The Morgan fingerprint density at radius 2 is 2.20 bits per heavy atom. The minimum atomic E-state index is 0.222. The van der Waals surface area contributed by atoms with Crippen LogP contribution in [0.25, 0.3) is 11.0 Å². The normalized spacial score (nSPS) is 11.3. The first-order valence-electron chi connectivity index (χ1n) is 4.58. The maximum atomic E-state index is 5.20. The second-order valence-electron chi connectivity index (χ2n) is 3.44. The quantitative estimate of drug-likeness (QED) is 0.840. The van der Waals surface area contributed by atoms with Gasteiger partial charge in [0, 0.05) is 12.2 Å². The molecule has 0 amide bonds. The Hall–Kier alpha value is -1.17. The largest absolute Gasteiger partial charge is 0.479 e. The van der Waals surface area contributed by atoms with Crippen LogP contribution in [0.1, 0.15) is 19.9 Å². The lowest BCUT2D eigenvalue weighted by Crippen LogP contribution is -2.04. The predicted octanol–water partition coefficient (Wildman–Crippen LogP) is 2.18. The van der Waals surface area contributed by atoms with Crippen molar-refractivity contribution in [3.8, 4) is 5.88 Å². The van der Waals surface area contributed by atoms with E-state index in [0.29, 0.717) is 5.88 Å². The maximum absolute atomic E-state index is 5.20. The van der Waals surface area contributed by atoms with Gasteiger partial charge in [0.05, 0.1) is 11.6 Å². The zero-order chi connectivity index (χ0) is 11.0. The third-order valence-corrected chi connectivity index (χ3v) is 2.68. The summed E-state index contributed by atoms with van der Waals surface area (Å²) in [5.41, 5.74) is 1.59. The van der Waals surface area contributed by atoms with Gasteiger partial charge in [-0.05, 0) is 29.8 Å². The Morgan fingerprint density at radius 3 is 2.80 bits per heavy atom. The SMILES string of the molecule is COc1ncc(Br)c2nnn(C(C)C)c12. The Balaban J connectivity index is 2.81. The number of nitrogens with zero attached hydrogens (tertiary/aromatic N) is 4. The van der Waals surface area contributed by atoms with E-state index in [1.807, 2.05) is 13.8 Å². The molecule has 0 saturated heterocycles. The summed E-state index contributed by atoms with van der Waals surface area (Å²) in [6.45, 7) is 4.07. The fraction of sp³-hybridized carbons (Fsp3) is 0.444. The number of rotatable bonds is 2. The molecule has 15 heavy (non-hydrogen) atoms. The zero-order valence-corrected chi connectivity index (χ0v) is 10.3. The Kier molecular flexibility index (Phi) is 2.60. The van der Waals surface area contributed by atoms with Crippen molar-refractivity contribution in [2.75, 3.05) is 7.11 Å². The average molecular weight is 271 g/mol. The highest BCUT2D eigenvalue weighted by Gasteiger charge is 2.15. The number of aromatic nitrogens is 4. The monoisotopic (exact) mass is 270 g/mol. The van der Waals surface area contributed by atoms with Crippen LogP contribution in [0.15, 0.2) is 10.7 Å². The molecule has 2 aromatic heterocycles. The van der Waals surface area contributed by atoms with Gasteiger partial charge >= 0.3 is 0 Å². The first kappa shape index (κ1) is 10.4. The van der Waals surface area contributed by atoms with Crippen LogP contribution in [0.5, 0.6) is 5.88 Å². The van der Waals surface area contributed by atoms with E-state index in [9.17, 15) is 0 Å². The number of methoxy groups -OCH3 is 1. The van der Waals surface area contributed by atoms with E-state index in [1.165, 1.54) is 0 Å². The summed E-state index contributed by atoms with van der Waals surface area (Å²) in [7, 11) is 1.59. The molecular formula is C9H11BrN4O. The second kappa shape index (κ2) is 3.77. The molecule has 0 aliphatic rings. The van der Waals surface area contributed by atoms with Gasteiger partial charge < -0.3 is 4.74 Å². The summed E-state index contributed by atoms with van der Waals surface area (Å²) in [4.78, 5) is 4.17. The predicted molar refractivity (Wildman–Crippen MR) is 60.0 cm³/mol. The molecule has 0 radical (unpaired) electrons. The lowest BCUT2D eigenvalue weighted by molar-refractivity contribution is 0.397. The molecule has 5 nitrogen and oxygen atoms in total. The number of hydrogen-bond donors (Lipinski definition) is 0.